The Morgan fingerprint density at radius 1 is 0.441 bits per heavy atom. The highest BCUT2D eigenvalue weighted by molar-refractivity contribution is 5.15. The van der Waals surface area contributed by atoms with E-state index in [4.69, 9.17) is 0 Å². The average Bonchev–Trinajstić information content (AvgIpc) is 2.85. The van der Waals surface area contributed by atoms with Crippen LogP contribution in [0.15, 0.2) is 60.7 Å². The van der Waals surface area contributed by atoms with E-state index in [2.05, 4.69) is 74.6 Å². The summed E-state index contributed by atoms with van der Waals surface area (Å²) in [5.74, 6) is 0. The number of nitrogens with zero attached hydrogens (tertiary/aromatic N) is 1. The van der Waals surface area contributed by atoms with Crippen LogP contribution >= 0.6 is 0 Å². The molecule has 0 N–H and O–H groups in total. The standard InChI is InChI=1S/C33H54N/c1-3-4-5-6-7-8-9-10-11-12-13-14-15-16-17-24-29-34(2,30-32-25-20-18-21-26-32)31-33-27-22-19-23-28-33/h18-23,25-28H,3-17,24,29-31H2,1-2H3/q+1. The van der Waals surface area contributed by atoms with Gasteiger partial charge in [-0.15, -0.1) is 0 Å². The van der Waals surface area contributed by atoms with E-state index < -0.39 is 0 Å². The Morgan fingerprint density at radius 2 is 0.765 bits per heavy atom. The van der Waals surface area contributed by atoms with Gasteiger partial charge < -0.3 is 4.48 Å². The fourth-order valence-electron chi connectivity index (χ4n) is 5.30. The highest BCUT2D eigenvalue weighted by Gasteiger charge is 2.22. The van der Waals surface area contributed by atoms with Crippen LogP contribution in [0.2, 0.25) is 0 Å². The fourth-order valence-corrected chi connectivity index (χ4v) is 5.30. The Bertz CT molecular complexity index is 652. The summed E-state index contributed by atoms with van der Waals surface area (Å²) in [6, 6.07) is 22.1. The lowest BCUT2D eigenvalue weighted by molar-refractivity contribution is -0.935. The molecule has 0 aliphatic rings. The molecule has 2 aromatic carbocycles. The third kappa shape index (κ3) is 14.0. The summed E-state index contributed by atoms with van der Waals surface area (Å²) in [6.07, 6.45) is 23.0. The smallest absolute Gasteiger partial charge is 0.104 e. The van der Waals surface area contributed by atoms with Crippen LogP contribution in [0.4, 0.5) is 0 Å². The molecule has 0 spiro atoms. The highest BCUT2D eigenvalue weighted by Crippen LogP contribution is 2.20. The lowest BCUT2D eigenvalue weighted by Crippen LogP contribution is -2.43. The first kappa shape index (κ1) is 28.6. The molecule has 0 bridgehead atoms. The largest absolute Gasteiger partial charge is 0.319 e. The van der Waals surface area contributed by atoms with Crippen molar-refractivity contribution in [1.29, 1.82) is 0 Å². The Hall–Kier alpha value is -1.60. The molecule has 0 fully saturated rings. The minimum absolute atomic E-state index is 1.10. The second kappa shape index (κ2) is 18.7. The van der Waals surface area contributed by atoms with Gasteiger partial charge >= 0.3 is 0 Å². The molecule has 0 atom stereocenters. The van der Waals surface area contributed by atoms with Gasteiger partial charge in [0.2, 0.25) is 0 Å². The number of unbranched alkanes of at least 4 members (excludes halogenated alkanes) is 15. The summed E-state index contributed by atoms with van der Waals surface area (Å²) >= 11 is 0. The van der Waals surface area contributed by atoms with Crippen LogP contribution in [0.5, 0.6) is 0 Å². The molecule has 1 nitrogen and oxygen atoms in total. The quantitative estimate of drug-likeness (QED) is 0.127. The summed E-state index contributed by atoms with van der Waals surface area (Å²) in [7, 11) is 2.45. The molecule has 0 saturated heterocycles. The number of rotatable bonds is 21. The minimum Gasteiger partial charge on any atom is -0.319 e. The topological polar surface area (TPSA) is 0 Å². The van der Waals surface area contributed by atoms with Gasteiger partial charge in [0.05, 0.1) is 13.6 Å². The number of hydrogen-bond acceptors (Lipinski definition) is 0. The maximum absolute atomic E-state index is 2.45. The molecule has 0 saturated carbocycles. The number of benzene rings is 2. The maximum Gasteiger partial charge on any atom is 0.104 e. The Kier molecular flexibility index (Phi) is 15.7. The predicted molar refractivity (Wildman–Crippen MR) is 151 cm³/mol. The highest BCUT2D eigenvalue weighted by atomic mass is 15.3. The van der Waals surface area contributed by atoms with Crippen molar-refractivity contribution in [3.8, 4) is 0 Å². The SMILES string of the molecule is CCCCCCCCCCCCCCCCCC[N+](C)(Cc1ccccc1)Cc1ccccc1. The van der Waals surface area contributed by atoms with E-state index in [-0.39, 0.29) is 0 Å². The van der Waals surface area contributed by atoms with Crippen LogP contribution in [0.1, 0.15) is 121 Å². The molecule has 2 rings (SSSR count). The average molecular weight is 465 g/mol. The van der Waals surface area contributed by atoms with E-state index in [1.54, 1.807) is 0 Å². The molecule has 0 radical (unpaired) electrons. The first-order chi connectivity index (χ1) is 16.7. The summed E-state index contributed by atoms with van der Waals surface area (Å²) < 4.78 is 1.10. The van der Waals surface area contributed by atoms with Gasteiger partial charge in [-0.3, -0.25) is 0 Å². The summed E-state index contributed by atoms with van der Waals surface area (Å²) in [4.78, 5) is 0. The Balaban J connectivity index is 1.53. The second-order valence-electron chi connectivity index (χ2n) is 10.9. The summed E-state index contributed by atoms with van der Waals surface area (Å²) in [6.45, 7) is 5.81. The van der Waals surface area contributed by atoms with Gasteiger partial charge in [-0.05, 0) is 12.8 Å². The molecule has 0 aromatic heterocycles. The lowest BCUT2D eigenvalue weighted by Gasteiger charge is -2.35. The van der Waals surface area contributed by atoms with Crippen molar-refractivity contribution >= 4 is 0 Å². The maximum atomic E-state index is 2.45. The molecule has 0 aliphatic carbocycles. The summed E-state index contributed by atoms with van der Waals surface area (Å²) in [5, 5.41) is 0. The van der Waals surface area contributed by atoms with Gasteiger partial charge in [-0.1, -0.05) is 157 Å². The Morgan fingerprint density at radius 3 is 1.12 bits per heavy atom. The van der Waals surface area contributed by atoms with Gasteiger partial charge in [0.25, 0.3) is 0 Å². The van der Waals surface area contributed by atoms with Crippen molar-refractivity contribution < 1.29 is 4.48 Å². The van der Waals surface area contributed by atoms with Crippen molar-refractivity contribution in [3.63, 3.8) is 0 Å². The van der Waals surface area contributed by atoms with Crippen LogP contribution < -0.4 is 0 Å². The van der Waals surface area contributed by atoms with E-state index in [0.29, 0.717) is 0 Å². The molecule has 0 aliphatic heterocycles. The summed E-state index contributed by atoms with van der Waals surface area (Å²) in [5.41, 5.74) is 2.91. The molecule has 1 heteroatoms. The van der Waals surface area contributed by atoms with Crippen molar-refractivity contribution in [1.82, 2.24) is 0 Å². The minimum atomic E-state index is 1.10. The zero-order valence-corrected chi connectivity index (χ0v) is 22.7. The molecule has 2 aromatic rings. The second-order valence-corrected chi connectivity index (χ2v) is 10.9. The van der Waals surface area contributed by atoms with Gasteiger partial charge in [0.1, 0.15) is 13.1 Å². The van der Waals surface area contributed by atoms with Crippen LogP contribution in [0.25, 0.3) is 0 Å². The van der Waals surface area contributed by atoms with Crippen LogP contribution in [0, 0.1) is 0 Å². The normalized spacial score (nSPS) is 11.7. The van der Waals surface area contributed by atoms with Gasteiger partial charge in [-0.25, -0.2) is 0 Å². The fraction of sp³-hybridized carbons (Fsp3) is 0.636. The third-order valence-corrected chi connectivity index (χ3v) is 7.37. The van der Waals surface area contributed by atoms with Crippen molar-refractivity contribution in [2.24, 2.45) is 0 Å². The third-order valence-electron chi connectivity index (χ3n) is 7.37. The molecular formula is C33H54N+. The molecular weight excluding hydrogens is 410 g/mol. The molecule has 0 unspecified atom stereocenters. The predicted octanol–water partition coefficient (Wildman–Crippen LogP) is 10.1. The van der Waals surface area contributed by atoms with E-state index >= 15 is 0 Å². The van der Waals surface area contributed by atoms with E-state index in [9.17, 15) is 0 Å². The van der Waals surface area contributed by atoms with Crippen LogP contribution in [-0.4, -0.2) is 18.1 Å². The van der Waals surface area contributed by atoms with E-state index in [1.165, 1.54) is 120 Å². The van der Waals surface area contributed by atoms with Crippen molar-refractivity contribution in [2.75, 3.05) is 13.6 Å². The molecule has 34 heavy (non-hydrogen) atoms. The van der Waals surface area contributed by atoms with Gasteiger partial charge in [0, 0.05) is 11.1 Å². The van der Waals surface area contributed by atoms with Gasteiger partial charge in [-0.2, -0.15) is 0 Å². The monoisotopic (exact) mass is 464 g/mol. The zero-order valence-electron chi connectivity index (χ0n) is 22.7. The van der Waals surface area contributed by atoms with Crippen molar-refractivity contribution in [2.45, 2.75) is 123 Å². The lowest BCUT2D eigenvalue weighted by atomic mass is 10.0. The molecule has 190 valence electrons. The van der Waals surface area contributed by atoms with Gasteiger partial charge in [0.15, 0.2) is 0 Å². The first-order valence-corrected chi connectivity index (χ1v) is 14.6. The Labute approximate surface area is 212 Å². The first-order valence-electron chi connectivity index (χ1n) is 14.6. The van der Waals surface area contributed by atoms with Crippen LogP contribution in [0.3, 0.4) is 0 Å². The number of quaternary nitrogens is 1. The molecule has 0 heterocycles. The number of hydrogen-bond donors (Lipinski definition) is 0. The molecule has 0 amide bonds. The van der Waals surface area contributed by atoms with E-state index in [0.717, 1.165) is 17.6 Å². The zero-order chi connectivity index (χ0) is 24.2. The van der Waals surface area contributed by atoms with E-state index in [1.807, 2.05) is 0 Å². The van der Waals surface area contributed by atoms with Crippen molar-refractivity contribution in [3.05, 3.63) is 71.8 Å². The van der Waals surface area contributed by atoms with Crippen LogP contribution in [-0.2, 0) is 13.1 Å².